The molecule has 19 heavy (non-hydrogen) atoms. The molecule has 0 saturated heterocycles. The van der Waals surface area contributed by atoms with E-state index in [9.17, 15) is 4.79 Å². The summed E-state index contributed by atoms with van der Waals surface area (Å²) < 4.78 is 0. The summed E-state index contributed by atoms with van der Waals surface area (Å²) in [7, 11) is 0. The van der Waals surface area contributed by atoms with Gasteiger partial charge in [-0.3, -0.25) is 20.5 Å². The third-order valence-corrected chi connectivity index (χ3v) is 3.23. The van der Waals surface area contributed by atoms with Crippen LogP contribution in [0.15, 0.2) is 24.3 Å². The van der Waals surface area contributed by atoms with Gasteiger partial charge in [0.2, 0.25) is 0 Å². The molecule has 0 aromatic heterocycles. The van der Waals surface area contributed by atoms with Crippen molar-refractivity contribution in [2.24, 2.45) is 11.3 Å². The fourth-order valence-corrected chi connectivity index (χ4v) is 2.27. The summed E-state index contributed by atoms with van der Waals surface area (Å²) in [4.78, 5) is 12.4. The molecule has 0 heterocycles. The van der Waals surface area contributed by atoms with E-state index in [1.165, 1.54) is 5.01 Å². The van der Waals surface area contributed by atoms with Gasteiger partial charge in [0.05, 0.1) is 17.3 Å². The highest BCUT2D eigenvalue weighted by Crippen LogP contribution is 2.27. The molecule has 1 atom stereocenters. The number of hydrogen-bond acceptors (Lipinski definition) is 4. The van der Waals surface area contributed by atoms with Gasteiger partial charge in [0.1, 0.15) is 0 Å². The van der Waals surface area contributed by atoms with Gasteiger partial charge in [-0.15, -0.1) is 0 Å². The van der Waals surface area contributed by atoms with Crippen molar-refractivity contribution in [2.75, 3.05) is 5.48 Å². The first-order chi connectivity index (χ1) is 8.82. The van der Waals surface area contributed by atoms with Crippen molar-refractivity contribution in [2.45, 2.75) is 40.2 Å². The molecule has 0 fully saturated rings. The highest BCUT2D eigenvalue weighted by molar-refractivity contribution is 5.99. The number of benzene rings is 1. The molecule has 1 amide bonds. The molecule has 5 heteroatoms. The van der Waals surface area contributed by atoms with E-state index in [0.29, 0.717) is 11.3 Å². The van der Waals surface area contributed by atoms with Gasteiger partial charge in [0.25, 0.3) is 5.91 Å². The van der Waals surface area contributed by atoms with Crippen molar-refractivity contribution in [1.82, 2.24) is 5.01 Å². The fourth-order valence-electron chi connectivity index (χ4n) is 2.27. The van der Waals surface area contributed by atoms with Crippen LogP contribution in [0.3, 0.4) is 0 Å². The summed E-state index contributed by atoms with van der Waals surface area (Å²) >= 11 is 0. The van der Waals surface area contributed by atoms with Crippen LogP contribution < -0.4 is 11.3 Å². The molecular weight excluding hydrogens is 242 g/mol. The lowest BCUT2D eigenvalue weighted by molar-refractivity contribution is 0.0505. The number of carbonyl (C=O) groups excluding carboxylic acids is 1. The van der Waals surface area contributed by atoms with E-state index in [2.05, 4.69) is 0 Å². The van der Waals surface area contributed by atoms with E-state index >= 15 is 0 Å². The van der Waals surface area contributed by atoms with Gasteiger partial charge in [-0.2, -0.15) is 0 Å². The first-order valence-corrected chi connectivity index (χ1v) is 6.40. The molecule has 0 aliphatic heterocycles. The minimum absolute atomic E-state index is 0.0771. The Hall–Kier alpha value is -1.59. The van der Waals surface area contributed by atoms with Crippen molar-refractivity contribution >= 4 is 11.6 Å². The predicted molar refractivity (Wildman–Crippen MR) is 75.7 cm³/mol. The summed E-state index contributed by atoms with van der Waals surface area (Å²) in [6.07, 6.45) is 0.764. The summed E-state index contributed by atoms with van der Waals surface area (Å²) in [5.41, 5.74) is 2.62. The smallest absolute Gasteiger partial charge is 0.270 e. The van der Waals surface area contributed by atoms with Crippen LogP contribution >= 0.6 is 0 Å². The molecule has 0 saturated carbocycles. The van der Waals surface area contributed by atoms with Crippen LogP contribution in [0.2, 0.25) is 0 Å². The third kappa shape index (κ3) is 3.45. The van der Waals surface area contributed by atoms with Crippen LogP contribution in [0, 0.1) is 5.41 Å². The Bertz CT molecular complexity index is 441. The van der Waals surface area contributed by atoms with Gasteiger partial charge in [0.15, 0.2) is 0 Å². The maximum atomic E-state index is 12.4. The number of anilines is 1. The Labute approximate surface area is 114 Å². The zero-order chi connectivity index (χ0) is 14.6. The third-order valence-electron chi connectivity index (χ3n) is 3.23. The highest BCUT2D eigenvalue weighted by atomic mass is 16.5. The number of carbonyl (C=O) groups is 1. The van der Waals surface area contributed by atoms with Crippen molar-refractivity contribution in [3.8, 4) is 0 Å². The maximum absolute atomic E-state index is 12.4. The minimum Gasteiger partial charge on any atom is -0.291 e. The zero-order valence-corrected chi connectivity index (χ0v) is 12.0. The van der Waals surface area contributed by atoms with E-state index in [-0.39, 0.29) is 17.4 Å². The Morgan fingerprint density at radius 3 is 2.47 bits per heavy atom. The van der Waals surface area contributed by atoms with Gasteiger partial charge in [0, 0.05) is 0 Å². The van der Waals surface area contributed by atoms with Crippen LogP contribution in [0.25, 0.3) is 0 Å². The van der Waals surface area contributed by atoms with Crippen LogP contribution in [0.4, 0.5) is 5.69 Å². The van der Waals surface area contributed by atoms with E-state index in [1.807, 2.05) is 33.2 Å². The number of amides is 1. The predicted octanol–water partition coefficient (Wildman–Crippen LogP) is 2.63. The average Bonchev–Trinajstić information content (AvgIpc) is 2.36. The molecule has 0 radical (unpaired) electrons. The van der Waals surface area contributed by atoms with Gasteiger partial charge < -0.3 is 0 Å². The van der Waals surface area contributed by atoms with Crippen molar-refractivity contribution in [3.05, 3.63) is 29.8 Å². The zero-order valence-electron chi connectivity index (χ0n) is 12.0. The van der Waals surface area contributed by atoms with Gasteiger partial charge in [-0.1, -0.05) is 39.8 Å². The molecule has 0 aliphatic carbocycles. The minimum atomic E-state index is -0.307. The summed E-state index contributed by atoms with van der Waals surface area (Å²) in [6.45, 7) is 8.14. The molecule has 1 rings (SSSR count). The van der Waals surface area contributed by atoms with E-state index in [4.69, 9.17) is 11.0 Å². The van der Waals surface area contributed by atoms with Crippen LogP contribution in [-0.4, -0.2) is 22.2 Å². The molecule has 1 aromatic rings. The van der Waals surface area contributed by atoms with Crippen molar-refractivity contribution < 1.29 is 10.0 Å². The molecule has 5 nitrogen and oxygen atoms in total. The molecule has 1 aromatic carbocycles. The van der Waals surface area contributed by atoms with E-state index in [0.717, 1.165) is 6.42 Å². The largest absolute Gasteiger partial charge is 0.291 e. The second-order valence-corrected chi connectivity index (χ2v) is 5.66. The Kier molecular flexibility index (Phi) is 4.91. The van der Waals surface area contributed by atoms with Crippen molar-refractivity contribution in [1.29, 1.82) is 0 Å². The molecular formula is C14H23N3O2. The topological polar surface area (TPSA) is 78.6 Å². The van der Waals surface area contributed by atoms with E-state index in [1.54, 1.807) is 24.3 Å². The highest BCUT2D eigenvalue weighted by Gasteiger charge is 2.31. The number of nitrogens with one attached hydrogen (secondary N) is 1. The Morgan fingerprint density at radius 1 is 1.42 bits per heavy atom. The lowest BCUT2D eigenvalue weighted by atomic mass is 9.84. The van der Waals surface area contributed by atoms with Crippen LogP contribution in [-0.2, 0) is 0 Å². The van der Waals surface area contributed by atoms with Gasteiger partial charge in [-0.25, -0.2) is 5.84 Å². The Morgan fingerprint density at radius 2 is 2.00 bits per heavy atom. The van der Waals surface area contributed by atoms with Crippen LogP contribution in [0.5, 0.6) is 0 Å². The van der Waals surface area contributed by atoms with E-state index < -0.39 is 0 Å². The SMILES string of the molecule is CCC(N(N)C(=O)c1ccccc1NO)C(C)(C)C. The lowest BCUT2D eigenvalue weighted by Crippen LogP contribution is -2.51. The lowest BCUT2D eigenvalue weighted by Gasteiger charge is -2.37. The second kappa shape index (κ2) is 6.04. The summed E-state index contributed by atoms with van der Waals surface area (Å²) in [5.74, 6) is 5.68. The molecule has 0 aliphatic rings. The molecule has 0 bridgehead atoms. The number of hydrazine groups is 1. The number of hydrogen-bond donors (Lipinski definition) is 3. The molecule has 0 spiro atoms. The number of rotatable bonds is 4. The maximum Gasteiger partial charge on any atom is 0.270 e. The number of nitrogens with zero attached hydrogens (tertiary/aromatic N) is 1. The molecule has 1 unspecified atom stereocenters. The Balaban J connectivity index is 3.05. The van der Waals surface area contributed by atoms with Crippen LogP contribution in [0.1, 0.15) is 44.5 Å². The normalized spacial score (nSPS) is 12.9. The first-order valence-electron chi connectivity index (χ1n) is 6.40. The molecule has 106 valence electrons. The number of para-hydroxylation sites is 1. The first kappa shape index (κ1) is 15.5. The van der Waals surface area contributed by atoms with Gasteiger partial charge in [-0.05, 0) is 24.0 Å². The average molecular weight is 265 g/mol. The summed E-state index contributed by atoms with van der Waals surface area (Å²) in [6, 6.07) is 6.65. The number of nitrogens with two attached hydrogens (primary N) is 1. The van der Waals surface area contributed by atoms with Crippen molar-refractivity contribution in [3.63, 3.8) is 0 Å². The van der Waals surface area contributed by atoms with Gasteiger partial charge >= 0.3 is 0 Å². The second-order valence-electron chi connectivity index (χ2n) is 5.66. The monoisotopic (exact) mass is 265 g/mol. The summed E-state index contributed by atoms with van der Waals surface area (Å²) in [5, 5.41) is 10.3. The standard InChI is InChI=1S/C14H23N3O2/c1-5-12(14(2,3)4)17(15)13(18)10-8-6-7-9-11(10)16-19/h6-9,12,16,19H,5,15H2,1-4H3. The molecule has 4 N–H and O–H groups in total. The quantitative estimate of drug-likeness (QED) is 0.444. The fraction of sp³-hybridized carbons (Fsp3) is 0.500.